The molecule has 0 aliphatic heterocycles. The van der Waals surface area contributed by atoms with Crippen LogP contribution in [0.2, 0.25) is 0 Å². The Morgan fingerprint density at radius 2 is 1.96 bits per heavy atom. The van der Waals surface area contributed by atoms with Crippen LogP contribution in [0, 0.1) is 6.92 Å². The first-order valence-corrected chi connectivity index (χ1v) is 9.29. The molecule has 25 heavy (non-hydrogen) atoms. The molecule has 0 fully saturated rings. The molecule has 1 heterocycles. The van der Waals surface area contributed by atoms with Crippen LogP contribution < -0.4 is 10.6 Å². The maximum Gasteiger partial charge on any atom is 0.191 e. The highest BCUT2D eigenvalue weighted by Crippen LogP contribution is 2.28. The van der Waals surface area contributed by atoms with Crippen LogP contribution >= 0.6 is 35.3 Å². The lowest BCUT2D eigenvalue weighted by molar-refractivity contribution is 0.633. The van der Waals surface area contributed by atoms with Gasteiger partial charge in [-0.05, 0) is 26.7 Å². The van der Waals surface area contributed by atoms with Crippen LogP contribution in [0.15, 0.2) is 47.5 Å². The van der Waals surface area contributed by atoms with Gasteiger partial charge in [-0.15, -0.1) is 35.3 Å². The monoisotopic (exact) mass is 468 g/mol. The minimum Gasteiger partial charge on any atom is -0.357 e. The Kier molecular flexibility index (Phi) is 7.90. The molecule has 2 N–H and O–H groups in total. The number of thiazole rings is 1. The van der Waals surface area contributed by atoms with E-state index in [-0.39, 0.29) is 24.0 Å². The molecule has 0 bridgehead atoms. The molecule has 0 radical (unpaired) electrons. The lowest BCUT2D eigenvalue weighted by Gasteiger charge is -2.16. The molecule has 0 saturated heterocycles. The van der Waals surface area contributed by atoms with Gasteiger partial charge in [-0.2, -0.15) is 0 Å². The maximum atomic E-state index is 4.75. The van der Waals surface area contributed by atoms with E-state index >= 15 is 0 Å². The molecule has 3 rings (SSSR count). The van der Waals surface area contributed by atoms with Crippen molar-refractivity contribution in [3.05, 3.63) is 53.1 Å². The van der Waals surface area contributed by atoms with Gasteiger partial charge in [-0.3, -0.25) is 0 Å². The average Bonchev–Trinajstić information content (AvgIpc) is 3.23. The number of guanidine groups is 1. The molecule has 2 aromatic rings. The highest BCUT2D eigenvalue weighted by molar-refractivity contribution is 14.0. The van der Waals surface area contributed by atoms with E-state index in [0.717, 1.165) is 36.0 Å². The van der Waals surface area contributed by atoms with E-state index in [1.54, 1.807) is 11.3 Å². The molecule has 0 amide bonds. The number of benzene rings is 1. The number of aromatic nitrogens is 1. The molecule has 1 aromatic carbocycles. The quantitative estimate of drug-likeness (QED) is 0.294. The third-order valence-corrected chi connectivity index (χ3v) is 5.18. The Bertz CT molecular complexity index is 716. The van der Waals surface area contributed by atoms with E-state index in [4.69, 9.17) is 9.98 Å². The lowest BCUT2D eigenvalue weighted by Crippen LogP contribution is -2.42. The predicted octanol–water partition coefficient (Wildman–Crippen LogP) is 4.51. The largest absolute Gasteiger partial charge is 0.357 e. The number of halogens is 1. The van der Waals surface area contributed by atoms with Crippen molar-refractivity contribution in [2.45, 2.75) is 39.3 Å². The van der Waals surface area contributed by atoms with Crippen LogP contribution in [0.1, 0.15) is 30.3 Å². The fourth-order valence-corrected chi connectivity index (χ4v) is 3.67. The smallest absolute Gasteiger partial charge is 0.191 e. The third-order valence-electron chi connectivity index (χ3n) is 3.99. The van der Waals surface area contributed by atoms with Crippen molar-refractivity contribution in [1.29, 1.82) is 0 Å². The van der Waals surface area contributed by atoms with Crippen molar-refractivity contribution in [3.8, 4) is 10.6 Å². The zero-order valence-electron chi connectivity index (χ0n) is 14.7. The Morgan fingerprint density at radius 3 is 2.64 bits per heavy atom. The first-order valence-electron chi connectivity index (χ1n) is 8.48. The van der Waals surface area contributed by atoms with Crippen molar-refractivity contribution in [2.75, 3.05) is 6.54 Å². The van der Waals surface area contributed by atoms with Gasteiger partial charge in [0.15, 0.2) is 5.96 Å². The first-order chi connectivity index (χ1) is 11.8. The Hall–Kier alpha value is -1.41. The van der Waals surface area contributed by atoms with Crippen LogP contribution in [-0.4, -0.2) is 23.5 Å². The summed E-state index contributed by atoms with van der Waals surface area (Å²) in [5.41, 5.74) is 2.24. The highest BCUT2D eigenvalue weighted by Gasteiger charge is 2.13. The predicted molar refractivity (Wildman–Crippen MR) is 118 cm³/mol. The van der Waals surface area contributed by atoms with Gasteiger partial charge in [-0.25, -0.2) is 9.98 Å². The van der Waals surface area contributed by atoms with Gasteiger partial charge in [0.2, 0.25) is 0 Å². The van der Waals surface area contributed by atoms with Crippen molar-refractivity contribution in [2.24, 2.45) is 4.99 Å². The molecule has 4 nitrogen and oxygen atoms in total. The topological polar surface area (TPSA) is 49.3 Å². The summed E-state index contributed by atoms with van der Waals surface area (Å²) < 4.78 is 0. The van der Waals surface area contributed by atoms with E-state index in [9.17, 15) is 0 Å². The molecule has 0 unspecified atom stereocenters. The molecule has 6 heteroatoms. The van der Waals surface area contributed by atoms with Crippen LogP contribution in [0.3, 0.4) is 0 Å². The van der Waals surface area contributed by atoms with Crippen molar-refractivity contribution < 1.29 is 0 Å². The molecule has 0 atom stereocenters. The van der Waals surface area contributed by atoms with E-state index in [0.29, 0.717) is 12.6 Å². The Balaban J connectivity index is 0.00000225. The fraction of sp³-hybridized carbons (Fsp3) is 0.368. The molecular formula is C19H25IN4S. The summed E-state index contributed by atoms with van der Waals surface area (Å²) in [6, 6.07) is 10.8. The number of hydrogen-bond acceptors (Lipinski definition) is 3. The summed E-state index contributed by atoms with van der Waals surface area (Å²) >= 11 is 1.73. The Morgan fingerprint density at radius 1 is 1.24 bits per heavy atom. The zero-order chi connectivity index (χ0) is 16.8. The summed E-state index contributed by atoms with van der Waals surface area (Å²) in [6.07, 6.45) is 6.59. The summed E-state index contributed by atoms with van der Waals surface area (Å²) in [5.74, 6) is 0.889. The molecule has 134 valence electrons. The summed E-state index contributed by atoms with van der Waals surface area (Å²) in [5, 5.41) is 7.90. The number of aryl methyl sites for hydroxylation is 1. The minimum atomic E-state index is 0. The summed E-state index contributed by atoms with van der Waals surface area (Å²) in [6.45, 7) is 5.68. The number of aliphatic imine (C=N–C) groups is 1. The van der Waals surface area contributed by atoms with Gasteiger partial charge in [0.05, 0.1) is 12.2 Å². The van der Waals surface area contributed by atoms with Crippen LogP contribution in [0.5, 0.6) is 0 Å². The number of hydrogen-bond donors (Lipinski definition) is 2. The van der Waals surface area contributed by atoms with Gasteiger partial charge in [-0.1, -0.05) is 42.5 Å². The van der Waals surface area contributed by atoms with Gasteiger partial charge in [0.1, 0.15) is 5.01 Å². The second kappa shape index (κ2) is 9.91. The maximum absolute atomic E-state index is 4.75. The fourth-order valence-electron chi connectivity index (χ4n) is 2.68. The molecule has 1 aliphatic rings. The van der Waals surface area contributed by atoms with Crippen LogP contribution in [0.25, 0.3) is 10.6 Å². The van der Waals surface area contributed by atoms with E-state index in [1.165, 1.54) is 10.4 Å². The first kappa shape index (κ1) is 19.9. The van der Waals surface area contributed by atoms with Crippen molar-refractivity contribution >= 4 is 41.3 Å². The number of rotatable bonds is 5. The molecule has 0 spiro atoms. The summed E-state index contributed by atoms with van der Waals surface area (Å²) in [7, 11) is 0. The molecule has 1 aliphatic carbocycles. The Labute approximate surface area is 170 Å². The SMILES string of the molecule is CCNC(=NCc1sc(-c2ccccc2)nc1C)NC1CC=CC1.I. The van der Waals surface area contributed by atoms with E-state index < -0.39 is 0 Å². The second-order valence-electron chi connectivity index (χ2n) is 5.87. The molecule has 0 saturated carbocycles. The average molecular weight is 468 g/mol. The minimum absolute atomic E-state index is 0. The second-order valence-corrected chi connectivity index (χ2v) is 6.96. The van der Waals surface area contributed by atoms with Crippen LogP contribution in [-0.2, 0) is 6.54 Å². The third kappa shape index (κ3) is 5.54. The van der Waals surface area contributed by atoms with Gasteiger partial charge >= 0.3 is 0 Å². The lowest BCUT2D eigenvalue weighted by atomic mass is 10.2. The molecule has 1 aromatic heterocycles. The van der Waals surface area contributed by atoms with Gasteiger partial charge in [0, 0.05) is 23.0 Å². The molecular weight excluding hydrogens is 443 g/mol. The highest BCUT2D eigenvalue weighted by atomic mass is 127. The van der Waals surface area contributed by atoms with Gasteiger partial charge in [0.25, 0.3) is 0 Å². The normalized spacial score (nSPS) is 14.4. The number of nitrogens with one attached hydrogen (secondary N) is 2. The van der Waals surface area contributed by atoms with Crippen molar-refractivity contribution in [3.63, 3.8) is 0 Å². The van der Waals surface area contributed by atoms with Crippen molar-refractivity contribution in [1.82, 2.24) is 15.6 Å². The van der Waals surface area contributed by atoms with Crippen LogP contribution in [0.4, 0.5) is 0 Å². The zero-order valence-corrected chi connectivity index (χ0v) is 17.8. The van der Waals surface area contributed by atoms with Gasteiger partial charge < -0.3 is 10.6 Å². The number of nitrogens with zero attached hydrogens (tertiary/aromatic N) is 2. The summed E-state index contributed by atoms with van der Waals surface area (Å²) in [4.78, 5) is 10.7. The van der Waals surface area contributed by atoms with E-state index in [1.807, 2.05) is 18.2 Å². The standard InChI is InChI=1S/C19H24N4S.HI/c1-3-20-19(23-16-11-7-8-12-16)21-13-17-14(2)22-18(24-17)15-9-5-4-6-10-15;/h4-10,16H,3,11-13H2,1-2H3,(H2,20,21,23);1H. The van der Waals surface area contributed by atoms with E-state index in [2.05, 4.69) is 48.8 Å².